The molecule has 1 atom stereocenters. The van der Waals surface area contributed by atoms with Gasteiger partial charge in [-0.25, -0.2) is 0 Å². The number of aliphatic hydroxyl groups excluding tert-OH is 1. The van der Waals surface area contributed by atoms with Crippen molar-refractivity contribution in [3.8, 4) is 5.75 Å². The molecule has 1 fully saturated rings. The molecule has 106 valence electrons. The number of nitrogens with one attached hydrogen (secondary N) is 1. The number of hydrogen-bond donors (Lipinski definition) is 2. The molecule has 1 aromatic rings. The summed E-state index contributed by atoms with van der Waals surface area (Å²) >= 11 is 0. The minimum absolute atomic E-state index is 0.228. The van der Waals surface area contributed by atoms with Crippen molar-refractivity contribution in [3.63, 3.8) is 0 Å². The quantitative estimate of drug-likeness (QED) is 0.753. The van der Waals surface area contributed by atoms with Crippen LogP contribution in [0.2, 0.25) is 0 Å². The van der Waals surface area contributed by atoms with Gasteiger partial charge in [0.2, 0.25) is 0 Å². The first-order valence-corrected chi connectivity index (χ1v) is 7.04. The van der Waals surface area contributed by atoms with Crippen LogP contribution in [0.1, 0.15) is 12.0 Å². The van der Waals surface area contributed by atoms with Gasteiger partial charge in [-0.05, 0) is 31.0 Å². The van der Waals surface area contributed by atoms with E-state index in [0.29, 0.717) is 0 Å². The summed E-state index contributed by atoms with van der Waals surface area (Å²) in [6.07, 6.45) is 0.991. The van der Waals surface area contributed by atoms with E-state index in [9.17, 15) is 5.11 Å². The SMILES string of the molecule is Cc1cccc(OCCCN2CCNCC2CO)c1. The summed E-state index contributed by atoms with van der Waals surface area (Å²) in [5, 5.41) is 12.6. The van der Waals surface area contributed by atoms with Crippen LogP contribution >= 0.6 is 0 Å². The van der Waals surface area contributed by atoms with Crippen LogP contribution in [0.4, 0.5) is 0 Å². The zero-order valence-electron chi connectivity index (χ0n) is 11.6. The van der Waals surface area contributed by atoms with Crippen LogP contribution in [0.3, 0.4) is 0 Å². The van der Waals surface area contributed by atoms with Gasteiger partial charge in [-0.2, -0.15) is 0 Å². The molecule has 0 aromatic heterocycles. The van der Waals surface area contributed by atoms with Crippen LogP contribution in [-0.4, -0.2) is 55.4 Å². The monoisotopic (exact) mass is 264 g/mol. The first-order valence-electron chi connectivity index (χ1n) is 7.04. The Kier molecular flexibility index (Phi) is 5.63. The van der Waals surface area contributed by atoms with E-state index >= 15 is 0 Å². The number of nitrogens with zero attached hydrogens (tertiary/aromatic N) is 1. The number of aliphatic hydroxyl groups is 1. The normalized spacial score (nSPS) is 20.4. The predicted molar refractivity (Wildman–Crippen MR) is 76.6 cm³/mol. The average molecular weight is 264 g/mol. The second-order valence-electron chi connectivity index (χ2n) is 5.10. The first kappa shape index (κ1) is 14.3. The van der Waals surface area contributed by atoms with Crippen molar-refractivity contribution < 1.29 is 9.84 Å². The van der Waals surface area contributed by atoms with Crippen molar-refractivity contribution in [1.82, 2.24) is 10.2 Å². The largest absolute Gasteiger partial charge is 0.494 e. The molecule has 4 nitrogen and oxygen atoms in total. The van der Waals surface area contributed by atoms with Gasteiger partial charge in [0, 0.05) is 32.2 Å². The molecule has 2 N–H and O–H groups in total. The third-order valence-electron chi connectivity index (χ3n) is 3.53. The maximum Gasteiger partial charge on any atom is 0.119 e. The van der Waals surface area contributed by atoms with Crippen LogP contribution in [0.5, 0.6) is 5.75 Å². The Hall–Kier alpha value is -1.10. The molecule has 2 rings (SSSR count). The van der Waals surface area contributed by atoms with E-state index in [1.54, 1.807) is 0 Å². The van der Waals surface area contributed by atoms with Crippen molar-refractivity contribution in [2.24, 2.45) is 0 Å². The average Bonchev–Trinajstić information content (AvgIpc) is 2.44. The molecule has 0 aliphatic carbocycles. The Labute approximate surface area is 115 Å². The molecule has 4 heteroatoms. The molecule has 0 saturated carbocycles. The van der Waals surface area contributed by atoms with Crippen LogP contribution in [0.15, 0.2) is 24.3 Å². The van der Waals surface area contributed by atoms with E-state index in [1.807, 2.05) is 12.1 Å². The Morgan fingerprint density at radius 2 is 2.37 bits per heavy atom. The summed E-state index contributed by atoms with van der Waals surface area (Å²) in [6.45, 7) is 6.91. The van der Waals surface area contributed by atoms with Crippen molar-refractivity contribution in [2.45, 2.75) is 19.4 Å². The maximum atomic E-state index is 9.31. The fourth-order valence-corrected chi connectivity index (χ4v) is 2.44. The van der Waals surface area contributed by atoms with Gasteiger partial charge in [-0.15, -0.1) is 0 Å². The van der Waals surface area contributed by atoms with Crippen molar-refractivity contribution >= 4 is 0 Å². The summed E-state index contributed by atoms with van der Waals surface area (Å²) in [6, 6.07) is 8.39. The Morgan fingerprint density at radius 1 is 1.47 bits per heavy atom. The third-order valence-corrected chi connectivity index (χ3v) is 3.53. The summed E-state index contributed by atoms with van der Waals surface area (Å²) in [7, 11) is 0. The van der Waals surface area contributed by atoms with Gasteiger partial charge in [0.1, 0.15) is 5.75 Å². The lowest BCUT2D eigenvalue weighted by Gasteiger charge is -2.34. The smallest absolute Gasteiger partial charge is 0.119 e. The fourth-order valence-electron chi connectivity index (χ4n) is 2.44. The third kappa shape index (κ3) is 4.49. The van der Waals surface area contributed by atoms with Crippen LogP contribution in [0.25, 0.3) is 0 Å². The first-order chi connectivity index (χ1) is 9.29. The van der Waals surface area contributed by atoms with Crippen molar-refractivity contribution in [2.75, 3.05) is 39.4 Å². The van der Waals surface area contributed by atoms with E-state index in [0.717, 1.165) is 45.0 Å². The molecule has 0 amide bonds. The molecule has 1 saturated heterocycles. The molecule has 19 heavy (non-hydrogen) atoms. The molecular weight excluding hydrogens is 240 g/mol. The van der Waals surface area contributed by atoms with Gasteiger partial charge < -0.3 is 15.2 Å². The number of aryl methyl sites for hydroxylation is 1. The Bertz CT molecular complexity index is 384. The molecule has 1 unspecified atom stereocenters. The van der Waals surface area contributed by atoms with E-state index < -0.39 is 0 Å². The van der Waals surface area contributed by atoms with Crippen LogP contribution in [0, 0.1) is 6.92 Å². The highest BCUT2D eigenvalue weighted by Gasteiger charge is 2.20. The lowest BCUT2D eigenvalue weighted by molar-refractivity contribution is 0.0951. The summed E-state index contributed by atoms with van der Waals surface area (Å²) in [5.74, 6) is 0.944. The molecule has 0 bridgehead atoms. The fraction of sp³-hybridized carbons (Fsp3) is 0.600. The van der Waals surface area contributed by atoms with Gasteiger partial charge in [-0.3, -0.25) is 4.90 Å². The topological polar surface area (TPSA) is 44.7 Å². The van der Waals surface area contributed by atoms with E-state index in [4.69, 9.17) is 4.74 Å². The zero-order valence-corrected chi connectivity index (χ0v) is 11.6. The summed E-state index contributed by atoms with van der Waals surface area (Å²) in [4.78, 5) is 2.34. The van der Waals surface area contributed by atoms with Crippen molar-refractivity contribution in [1.29, 1.82) is 0 Å². The molecule has 1 aromatic carbocycles. The number of rotatable bonds is 6. The lowest BCUT2D eigenvalue weighted by Crippen LogP contribution is -2.53. The highest BCUT2D eigenvalue weighted by atomic mass is 16.5. The van der Waals surface area contributed by atoms with E-state index in [1.165, 1.54) is 5.56 Å². The van der Waals surface area contributed by atoms with Gasteiger partial charge in [0.15, 0.2) is 0 Å². The molecule has 0 spiro atoms. The van der Waals surface area contributed by atoms with Crippen LogP contribution in [-0.2, 0) is 0 Å². The minimum atomic E-state index is 0.228. The Morgan fingerprint density at radius 3 is 3.16 bits per heavy atom. The van der Waals surface area contributed by atoms with Gasteiger partial charge in [0.05, 0.1) is 13.2 Å². The Balaban J connectivity index is 1.68. The van der Waals surface area contributed by atoms with Gasteiger partial charge in [-0.1, -0.05) is 12.1 Å². The molecule has 1 aliphatic heterocycles. The molecular formula is C15H24N2O2. The number of benzene rings is 1. The molecule has 0 radical (unpaired) electrons. The summed E-state index contributed by atoms with van der Waals surface area (Å²) in [5.41, 5.74) is 1.22. The van der Waals surface area contributed by atoms with Gasteiger partial charge >= 0.3 is 0 Å². The van der Waals surface area contributed by atoms with Crippen LogP contribution < -0.4 is 10.1 Å². The zero-order chi connectivity index (χ0) is 13.5. The highest BCUT2D eigenvalue weighted by molar-refractivity contribution is 5.27. The summed E-state index contributed by atoms with van der Waals surface area (Å²) < 4.78 is 5.74. The number of ether oxygens (including phenoxy) is 1. The molecule has 1 heterocycles. The maximum absolute atomic E-state index is 9.31. The van der Waals surface area contributed by atoms with E-state index in [2.05, 4.69) is 29.3 Å². The van der Waals surface area contributed by atoms with Gasteiger partial charge in [0.25, 0.3) is 0 Å². The van der Waals surface area contributed by atoms with E-state index in [-0.39, 0.29) is 12.6 Å². The number of piperazine rings is 1. The molecule has 1 aliphatic rings. The number of hydrogen-bond acceptors (Lipinski definition) is 4. The standard InChI is InChI=1S/C15H24N2O2/c1-13-4-2-5-15(10-13)19-9-3-7-17-8-6-16-11-14(17)12-18/h2,4-5,10,14,16,18H,3,6-9,11-12H2,1H3. The second-order valence-corrected chi connectivity index (χ2v) is 5.10. The second kappa shape index (κ2) is 7.48. The lowest BCUT2D eigenvalue weighted by atomic mass is 10.2. The predicted octanol–water partition coefficient (Wildman–Crippen LogP) is 1.03. The highest BCUT2D eigenvalue weighted by Crippen LogP contribution is 2.12. The minimum Gasteiger partial charge on any atom is -0.494 e. The van der Waals surface area contributed by atoms with Crippen molar-refractivity contribution in [3.05, 3.63) is 29.8 Å².